The number of hydrogen-bond acceptors (Lipinski definition) is 6. The first-order chi connectivity index (χ1) is 18.6. The average Bonchev–Trinajstić information content (AvgIpc) is 3.59. The van der Waals surface area contributed by atoms with E-state index in [0.29, 0.717) is 12.4 Å². The molecule has 3 aromatic carbocycles. The van der Waals surface area contributed by atoms with Crippen molar-refractivity contribution in [3.63, 3.8) is 0 Å². The van der Waals surface area contributed by atoms with Crippen LogP contribution in [-0.4, -0.2) is 35.2 Å². The van der Waals surface area contributed by atoms with Gasteiger partial charge in [-0.25, -0.2) is 15.1 Å². The van der Waals surface area contributed by atoms with Crippen molar-refractivity contribution in [1.29, 1.82) is 0 Å². The van der Waals surface area contributed by atoms with Crippen LogP contribution in [0.5, 0.6) is 11.5 Å². The predicted octanol–water partition coefficient (Wildman–Crippen LogP) is 6.30. The largest absolute Gasteiger partial charge is 0.457 e. The zero-order valence-electron chi connectivity index (χ0n) is 21.5. The van der Waals surface area contributed by atoms with E-state index in [-0.39, 0.29) is 0 Å². The highest BCUT2D eigenvalue weighted by atomic mass is 16.5. The van der Waals surface area contributed by atoms with Gasteiger partial charge in [-0.2, -0.15) is 0 Å². The summed E-state index contributed by atoms with van der Waals surface area (Å²) in [5.41, 5.74) is 8.15. The number of para-hydroxylation sites is 1. The van der Waals surface area contributed by atoms with Crippen molar-refractivity contribution in [1.82, 2.24) is 35.2 Å². The molecule has 0 saturated carbocycles. The number of ether oxygens (including phenoxy) is 1. The molecule has 0 fully saturated rings. The van der Waals surface area contributed by atoms with E-state index < -0.39 is 0 Å². The number of nitrogens with zero attached hydrogens (tertiary/aromatic N) is 6. The maximum absolute atomic E-state index is 6.11. The number of nitrogens with one attached hydrogen (secondary N) is 1. The summed E-state index contributed by atoms with van der Waals surface area (Å²) in [6.07, 6.45) is 0.843. The summed E-state index contributed by atoms with van der Waals surface area (Å²) in [5, 5.41) is 14.6. The number of tetrazole rings is 1. The maximum Gasteiger partial charge on any atom is 0.180 e. The van der Waals surface area contributed by atoms with Crippen LogP contribution in [0.3, 0.4) is 0 Å². The molecule has 6 rings (SSSR count). The molecule has 3 heterocycles. The molecule has 8 heteroatoms. The van der Waals surface area contributed by atoms with E-state index in [1.54, 1.807) is 0 Å². The number of aromatic amines is 1. The van der Waals surface area contributed by atoms with Gasteiger partial charge in [0.15, 0.2) is 11.5 Å². The number of aromatic nitrogens is 7. The highest BCUT2D eigenvalue weighted by Gasteiger charge is 2.15. The Labute approximate surface area is 220 Å². The minimum Gasteiger partial charge on any atom is -0.457 e. The molecule has 0 amide bonds. The van der Waals surface area contributed by atoms with Gasteiger partial charge in [0.1, 0.15) is 22.8 Å². The number of rotatable bonds is 7. The molecule has 38 heavy (non-hydrogen) atoms. The summed E-state index contributed by atoms with van der Waals surface area (Å²) in [7, 11) is 0. The third kappa shape index (κ3) is 4.52. The fraction of sp³-hybridized carbons (Fsp3) is 0.167. The van der Waals surface area contributed by atoms with Gasteiger partial charge in [0.25, 0.3) is 0 Å². The lowest BCUT2D eigenvalue weighted by molar-refractivity contribution is 0.483. The van der Waals surface area contributed by atoms with E-state index >= 15 is 0 Å². The van der Waals surface area contributed by atoms with E-state index in [9.17, 15) is 0 Å². The second kappa shape index (κ2) is 9.89. The van der Waals surface area contributed by atoms with Gasteiger partial charge in [-0.3, -0.25) is 0 Å². The van der Waals surface area contributed by atoms with Crippen LogP contribution in [0.1, 0.15) is 29.6 Å². The van der Waals surface area contributed by atoms with Crippen LogP contribution in [0.15, 0.2) is 78.9 Å². The SMILES string of the molecule is CCc1nc2c(C)cc(C)nc2n1Cc1ccc(-c2cc(Oc3ccccc3)ccc2-c2nnn[nH]2)cc1. The highest BCUT2D eigenvalue weighted by Crippen LogP contribution is 2.35. The molecule has 0 saturated heterocycles. The Morgan fingerprint density at radius 2 is 1.66 bits per heavy atom. The third-order valence-corrected chi connectivity index (χ3v) is 6.59. The van der Waals surface area contributed by atoms with Crippen molar-refractivity contribution in [2.45, 2.75) is 33.7 Å². The molecular weight excluding hydrogens is 474 g/mol. The Kier molecular flexibility index (Phi) is 6.13. The first-order valence-corrected chi connectivity index (χ1v) is 12.6. The fourth-order valence-corrected chi connectivity index (χ4v) is 4.79. The molecule has 0 aliphatic rings. The lowest BCUT2D eigenvalue weighted by Gasteiger charge is -2.13. The number of benzene rings is 3. The molecule has 0 unspecified atom stereocenters. The molecule has 6 aromatic rings. The first kappa shape index (κ1) is 23.5. The highest BCUT2D eigenvalue weighted by molar-refractivity contribution is 5.82. The summed E-state index contributed by atoms with van der Waals surface area (Å²) in [4.78, 5) is 9.70. The predicted molar refractivity (Wildman–Crippen MR) is 147 cm³/mol. The van der Waals surface area contributed by atoms with E-state index in [0.717, 1.165) is 62.9 Å². The van der Waals surface area contributed by atoms with Gasteiger partial charge < -0.3 is 9.30 Å². The minimum atomic E-state index is 0.602. The standard InChI is InChI=1S/C30H27N7O/c1-4-27-32-28-19(2)16-20(3)31-30(28)37(27)18-21-10-12-22(13-11-21)26-17-24(38-23-8-6-5-7-9-23)14-15-25(26)29-33-35-36-34-29/h5-17H,4,18H2,1-3H3,(H,33,34,35,36). The topological polar surface area (TPSA) is 94.4 Å². The second-order valence-electron chi connectivity index (χ2n) is 9.29. The molecule has 3 aromatic heterocycles. The number of pyridine rings is 1. The monoisotopic (exact) mass is 501 g/mol. The molecule has 188 valence electrons. The van der Waals surface area contributed by atoms with Gasteiger partial charge in [-0.15, -0.1) is 5.10 Å². The second-order valence-corrected chi connectivity index (χ2v) is 9.29. The van der Waals surface area contributed by atoms with Crippen LogP contribution in [0.25, 0.3) is 33.7 Å². The van der Waals surface area contributed by atoms with Crippen LogP contribution in [0, 0.1) is 13.8 Å². The molecule has 0 aliphatic carbocycles. The maximum atomic E-state index is 6.11. The third-order valence-electron chi connectivity index (χ3n) is 6.59. The Morgan fingerprint density at radius 1 is 0.842 bits per heavy atom. The van der Waals surface area contributed by atoms with Gasteiger partial charge >= 0.3 is 0 Å². The van der Waals surface area contributed by atoms with Crippen molar-refractivity contribution < 1.29 is 4.74 Å². The van der Waals surface area contributed by atoms with Crippen molar-refractivity contribution in [3.8, 4) is 34.0 Å². The average molecular weight is 502 g/mol. The van der Waals surface area contributed by atoms with Gasteiger partial charge in [-0.1, -0.05) is 49.4 Å². The van der Waals surface area contributed by atoms with E-state index in [4.69, 9.17) is 14.7 Å². The molecule has 0 bridgehead atoms. The Hall–Kier alpha value is -4.85. The fourth-order valence-electron chi connectivity index (χ4n) is 4.79. The quantitative estimate of drug-likeness (QED) is 0.276. The molecule has 0 atom stereocenters. The van der Waals surface area contributed by atoms with E-state index in [1.807, 2.05) is 55.5 Å². The van der Waals surface area contributed by atoms with Crippen LogP contribution in [-0.2, 0) is 13.0 Å². The number of H-pyrrole nitrogens is 1. The lowest BCUT2D eigenvalue weighted by Crippen LogP contribution is -2.05. The first-order valence-electron chi connectivity index (χ1n) is 12.6. The van der Waals surface area contributed by atoms with Crippen LogP contribution >= 0.6 is 0 Å². The molecule has 8 nitrogen and oxygen atoms in total. The summed E-state index contributed by atoms with van der Waals surface area (Å²) >= 11 is 0. The Balaban J connectivity index is 1.36. The van der Waals surface area contributed by atoms with Crippen LogP contribution in [0.2, 0.25) is 0 Å². The van der Waals surface area contributed by atoms with Crippen LogP contribution < -0.4 is 4.74 Å². The van der Waals surface area contributed by atoms with Crippen molar-refractivity contribution in [2.75, 3.05) is 0 Å². The van der Waals surface area contributed by atoms with Gasteiger partial charge in [0.2, 0.25) is 0 Å². The summed E-state index contributed by atoms with van der Waals surface area (Å²) < 4.78 is 8.34. The zero-order valence-corrected chi connectivity index (χ0v) is 21.5. The molecule has 0 aliphatic heterocycles. The van der Waals surface area contributed by atoms with Gasteiger partial charge in [-0.05, 0) is 82.9 Å². The number of imidazole rings is 1. The van der Waals surface area contributed by atoms with Crippen molar-refractivity contribution in [2.24, 2.45) is 0 Å². The van der Waals surface area contributed by atoms with E-state index in [2.05, 4.69) is 69.4 Å². The minimum absolute atomic E-state index is 0.602. The smallest absolute Gasteiger partial charge is 0.180 e. The summed E-state index contributed by atoms with van der Waals surface area (Å²) in [6, 6.07) is 26.3. The zero-order chi connectivity index (χ0) is 26.1. The molecule has 1 N–H and O–H groups in total. The number of fused-ring (bicyclic) bond motifs is 1. The molecule has 0 radical (unpaired) electrons. The van der Waals surface area contributed by atoms with Crippen molar-refractivity contribution in [3.05, 3.63) is 102 Å². The van der Waals surface area contributed by atoms with Gasteiger partial charge in [0.05, 0.1) is 6.54 Å². The normalized spacial score (nSPS) is 11.2. The molecule has 0 spiro atoms. The molecular formula is C30H27N7O. The van der Waals surface area contributed by atoms with Crippen molar-refractivity contribution >= 4 is 11.2 Å². The number of hydrogen-bond donors (Lipinski definition) is 1. The summed E-state index contributed by atoms with van der Waals surface area (Å²) in [6.45, 7) is 6.96. The van der Waals surface area contributed by atoms with E-state index in [1.165, 1.54) is 5.56 Å². The Morgan fingerprint density at radius 3 is 2.39 bits per heavy atom. The lowest BCUT2D eigenvalue weighted by atomic mass is 9.97. The number of aryl methyl sites for hydroxylation is 3. The van der Waals surface area contributed by atoms with Gasteiger partial charge in [0, 0.05) is 17.7 Å². The summed E-state index contributed by atoms with van der Waals surface area (Å²) in [5.74, 6) is 3.16. The Bertz CT molecular complexity index is 1710. The van der Waals surface area contributed by atoms with Crippen LogP contribution in [0.4, 0.5) is 0 Å².